The van der Waals surface area contributed by atoms with Gasteiger partial charge in [-0.05, 0) is 11.8 Å². The van der Waals surface area contributed by atoms with E-state index in [1.165, 1.54) is 0 Å². The third kappa shape index (κ3) is 4.44. The average Bonchev–Trinajstić information content (AvgIpc) is 1.38. The third-order valence-electron chi connectivity index (χ3n) is 0.223. The van der Waals surface area contributed by atoms with Gasteiger partial charge in [-0.15, -0.1) is 0 Å². The topological polar surface area (TPSA) is 0 Å². The molecular formula is C3H6S2. The van der Waals surface area contributed by atoms with Gasteiger partial charge in [0, 0.05) is 5.75 Å². The zero-order chi connectivity index (χ0) is 4.28. The van der Waals surface area contributed by atoms with Crippen LogP contribution >= 0.6 is 24.8 Å². The largest absolute Gasteiger partial charge is 0.174 e. The van der Waals surface area contributed by atoms with Crippen molar-refractivity contribution in [3.05, 3.63) is 0 Å². The van der Waals surface area contributed by atoms with Crippen molar-refractivity contribution in [3.63, 3.8) is 0 Å². The number of thiocarbonyl (C=S) groups is 1. The van der Waals surface area contributed by atoms with Gasteiger partial charge in [-0.3, -0.25) is 0 Å². The van der Waals surface area contributed by atoms with Gasteiger partial charge in [-0.2, -0.15) is 12.6 Å². The molecule has 0 atom stereocenters. The highest BCUT2D eigenvalue weighted by Crippen LogP contribution is 1.75. The molecule has 0 fully saturated rings. The average molecular weight is 106 g/mol. The fourth-order valence-electron chi connectivity index (χ4n) is 0. The van der Waals surface area contributed by atoms with Gasteiger partial charge < -0.3 is 0 Å². The minimum absolute atomic E-state index is 0.731. The molecule has 0 aromatic heterocycles. The van der Waals surface area contributed by atoms with Crippen LogP contribution in [0.5, 0.6) is 0 Å². The van der Waals surface area contributed by atoms with Gasteiger partial charge in [-0.25, -0.2) is 0 Å². The fourth-order valence-corrected chi connectivity index (χ4v) is 0. The van der Waals surface area contributed by atoms with Crippen molar-refractivity contribution < 1.29 is 0 Å². The summed E-state index contributed by atoms with van der Waals surface area (Å²) in [6, 6.07) is 0. The standard InChI is InChI=1S/C3H6S2/c1-3(5)2-4/h4H,2H2,1H3. The van der Waals surface area contributed by atoms with Crippen LogP contribution < -0.4 is 0 Å². The number of hydrogen-bond donors (Lipinski definition) is 1. The molecule has 30 valence electrons. The van der Waals surface area contributed by atoms with Crippen LogP contribution in [0.4, 0.5) is 0 Å². The molecule has 0 radical (unpaired) electrons. The van der Waals surface area contributed by atoms with E-state index < -0.39 is 0 Å². The van der Waals surface area contributed by atoms with Crippen molar-refractivity contribution in [3.8, 4) is 0 Å². The summed E-state index contributed by atoms with van der Waals surface area (Å²) in [6.45, 7) is 1.88. The summed E-state index contributed by atoms with van der Waals surface area (Å²) >= 11 is 8.49. The predicted molar refractivity (Wildman–Crippen MR) is 32.1 cm³/mol. The van der Waals surface area contributed by atoms with E-state index in [1.807, 2.05) is 6.92 Å². The summed E-state index contributed by atoms with van der Waals surface area (Å²) in [7, 11) is 0. The molecular weight excluding hydrogens is 100 g/mol. The van der Waals surface area contributed by atoms with Gasteiger partial charge >= 0.3 is 0 Å². The van der Waals surface area contributed by atoms with Crippen molar-refractivity contribution in [1.29, 1.82) is 0 Å². The number of thiol groups is 1. The molecule has 0 spiro atoms. The van der Waals surface area contributed by atoms with Crippen molar-refractivity contribution in [2.45, 2.75) is 6.92 Å². The molecule has 0 saturated carbocycles. The molecule has 5 heavy (non-hydrogen) atoms. The first-order valence-electron chi connectivity index (χ1n) is 1.37. The van der Waals surface area contributed by atoms with Crippen LogP contribution in [0, 0.1) is 0 Å². The van der Waals surface area contributed by atoms with E-state index in [0.29, 0.717) is 0 Å². The molecule has 0 amide bonds. The molecule has 0 saturated heterocycles. The van der Waals surface area contributed by atoms with E-state index >= 15 is 0 Å². The maximum absolute atomic E-state index is 4.62. The van der Waals surface area contributed by atoms with Crippen LogP contribution in [-0.2, 0) is 0 Å². The Kier molecular flexibility index (Phi) is 2.90. The second-order valence-electron chi connectivity index (χ2n) is 0.860. The highest BCUT2D eigenvalue weighted by Gasteiger charge is 1.71. The molecule has 0 aliphatic heterocycles. The molecule has 0 aliphatic carbocycles. The molecule has 2 heteroatoms. The zero-order valence-corrected chi connectivity index (χ0v) is 4.77. The molecule has 0 N–H and O–H groups in total. The van der Waals surface area contributed by atoms with E-state index in [4.69, 9.17) is 0 Å². The maximum atomic E-state index is 4.62. The minimum Gasteiger partial charge on any atom is -0.174 e. The molecule has 0 bridgehead atoms. The maximum Gasteiger partial charge on any atom is 0.0215 e. The van der Waals surface area contributed by atoms with E-state index in [-0.39, 0.29) is 0 Å². The Bertz CT molecular complexity index is 40.2. The number of rotatable bonds is 1. The lowest BCUT2D eigenvalue weighted by atomic mass is 10.6. The van der Waals surface area contributed by atoms with Gasteiger partial charge in [0.2, 0.25) is 0 Å². The SMILES string of the molecule is CC(=S)CS. The summed E-state index contributed by atoms with van der Waals surface area (Å²) < 4.78 is 0. The Hall–Kier alpha value is 0.440. The zero-order valence-electron chi connectivity index (χ0n) is 3.06. The molecule has 0 rings (SSSR count). The normalized spacial score (nSPS) is 7.60. The highest BCUT2D eigenvalue weighted by atomic mass is 32.1. The second-order valence-corrected chi connectivity index (χ2v) is 1.87. The minimum atomic E-state index is 0.731. The Morgan fingerprint density at radius 1 is 2.00 bits per heavy atom. The van der Waals surface area contributed by atoms with Crippen LogP contribution in [-0.4, -0.2) is 10.6 Å². The Morgan fingerprint density at radius 3 is 2.20 bits per heavy atom. The lowest BCUT2D eigenvalue weighted by molar-refractivity contribution is 1.88. The van der Waals surface area contributed by atoms with Crippen LogP contribution in [0.25, 0.3) is 0 Å². The predicted octanol–water partition coefficient (Wildman–Crippen LogP) is 1.31. The lowest BCUT2D eigenvalue weighted by Crippen LogP contribution is -1.82. The monoisotopic (exact) mass is 106 g/mol. The smallest absolute Gasteiger partial charge is 0.0215 e. The molecule has 0 aromatic rings. The summed E-state index contributed by atoms with van der Waals surface area (Å²) in [5.41, 5.74) is 0. The molecule has 0 aromatic carbocycles. The van der Waals surface area contributed by atoms with Crippen molar-refractivity contribution in [2.75, 3.05) is 5.75 Å². The Balaban J connectivity index is 2.85. The molecule has 0 nitrogen and oxygen atoms in total. The van der Waals surface area contributed by atoms with E-state index in [9.17, 15) is 0 Å². The van der Waals surface area contributed by atoms with Gasteiger partial charge in [0.05, 0.1) is 0 Å². The lowest BCUT2D eigenvalue weighted by Gasteiger charge is -1.75. The van der Waals surface area contributed by atoms with Crippen molar-refractivity contribution >= 4 is 29.7 Å². The third-order valence-corrected chi connectivity index (χ3v) is 1.06. The van der Waals surface area contributed by atoms with Gasteiger partial charge in [-0.1, -0.05) is 12.2 Å². The summed E-state index contributed by atoms with van der Waals surface area (Å²) in [5.74, 6) is 0.731. The first kappa shape index (κ1) is 5.44. The van der Waals surface area contributed by atoms with Crippen molar-refractivity contribution in [1.82, 2.24) is 0 Å². The first-order valence-corrected chi connectivity index (χ1v) is 2.41. The summed E-state index contributed by atoms with van der Waals surface area (Å²) in [5, 5.41) is 0. The highest BCUT2D eigenvalue weighted by molar-refractivity contribution is 7.86. The first-order chi connectivity index (χ1) is 2.27. The van der Waals surface area contributed by atoms with Crippen LogP contribution in [0.2, 0.25) is 0 Å². The van der Waals surface area contributed by atoms with Crippen LogP contribution in [0.15, 0.2) is 0 Å². The molecule has 0 aliphatic rings. The van der Waals surface area contributed by atoms with E-state index in [1.54, 1.807) is 0 Å². The Labute approximate surface area is 43.0 Å². The fraction of sp³-hybridized carbons (Fsp3) is 0.667. The van der Waals surface area contributed by atoms with Gasteiger partial charge in [0.15, 0.2) is 0 Å². The summed E-state index contributed by atoms with van der Waals surface area (Å²) in [6.07, 6.45) is 0. The summed E-state index contributed by atoms with van der Waals surface area (Å²) in [4.78, 5) is 0.952. The molecule has 0 unspecified atom stereocenters. The van der Waals surface area contributed by atoms with Gasteiger partial charge in [0.25, 0.3) is 0 Å². The number of hydrogen-bond acceptors (Lipinski definition) is 2. The second kappa shape index (κ2) is 2.67. The van der Waals surface area contributed by atoms with Crippen molar-refractivity contribution in [2.24, 2.45) is 0 Å². The molecule has 0 heterocycles. The van der Waals surface area contributed by atoms with Gasteiger partial charge in [0.1, 0.15) is 0 Å². The Morgan fingerprint density at radius 2 is 2.20 bits per heavy atom. The quantitative estimate of drug-likeness (QED) is 0.388. The van der Waals surface area contributed by atoms with E-state index in [2.05, 4.69) is 24.8 Å². The van der Waals surface area contributed by atoms with Crippen LogP contribution in [0.1, 0.15) is 6.92 Å². The van der Waals surface area contributed by atoms with E-state index in [0.717, 1.165) is 10.6 Å². The van der Waals surface area contributed by atoms with Crippen LogP contribution in [0.3, 0.4) is 0 Å².